The van der Waals surface area contributed by atoms with Crippen LogP contribution >= 0.6 is 0 Å². The van der Waals surface area contributed by atoms with Crippen molar-refractivity contribution in [3.8, 4) is 5.75 Å². The van der Waals surface area contributed by atoms with Gasteiger partial charge in [-0.1, -0.05) is 24.3 Å². The number of hydrogen-bond donors (Lipinski definition) is 3. The molecule has 21 heavy (non-hydrogen) atoms. The van der Waals surface area contributed by atoms with Crippen molar-refractivity contribution < 1.29 is 24.2 Å². The molecule has 0 bridgehead atoms. The first kappa shape index (κ1) is 14.8. The van der Waals surface area contributed by atoms with Crippen molar-refractivity contribution in [2.24, 2.45) is 0 Å². The SMILES string of the molecule is CC(C)(NC(=O)c1cc(F)c2ccccc2c1O)C(=O)O. The molecule has 2 aromatic carbocycles. The van der Waals surface area contributed by atoms with Crippen LogP contribution in [0.4, 0.5) is 4.39 Å². The lowest BCUT2D eigenvalue weighted by molar-refractivity contribution is -0.143. The molecule has 1 amide bonds. The average Bonchev–Trinajstić information content (AvgIpc) is 2.42. The van der Waals surface area contributed by atoms with Gasteiger partial charge in [0.1, 0.15) is 17.1 Å². The number of hydrogen-bond acceptors (Lipinski definition) is 3. The second-order valence-corrected chi connectivity index (χ2v) is 5.18. The van der Waals surface area contributed by atoms with E-state index in [1.165, 1.54) is 26.0 Å². The summed E-state index contributed by atoms with van der Waals surface area (Å²) in [6.07, 6.45) is 0. The van der Waals surface area contributed by atoms with Gasteiger partial charge in [0, 0.05) is 10.8 Å². The number of carbonyl (C=O) groups excluding carboxylic acids is 1. The van der Waals surface area contributed by atoms with Gasteiger partial charge in [-0.2, -0.15) is 0 Å². The molecule has 3 N–H and O–H groups in total. The standard InChI is InChI=1S/C15H14FNO4/c1-15(2,14(20)21)17-13(19)10-7-11(16)8-5-3-4-6-9(8)12(10)18/h3-7,18H,1-2H3,(H,17,19)(H,20,21). The van der Waals surface area contributed by atoms with Crippen molar-refractivity contribution in [1.29, 1.82) is 0 Å². The van der Waals surface area contributed by atoms with Gasteiger partial charge in [0.2, 0.25) is 0 Å². The number of carboxylic acids is 1. The van der Waals surface area contributed by atoms with E-state index in [0.29, 0.717) is 0 Å². The number of halogens is 1. The predicted molar refractivity (Wildman–Crippen MR) is 74.8 cm³/mol. The van der Waals surface area contributed by atoms with Gasteiger partial charge < -0.3 is 15.5 Å². The first-order chi connectivity index (χ1) is 9.74. The third-order valence-corrected chi connectivity index (χ3v) is 3.17. The van der Waals surface area contributed by atoms with Crippen LogP contribution in [0.2, 0.25) is 0 Å². The summed E-state index contributed by atoms with van der Waals surface area (Å²) >= 11 is 0. The number of aromatic hydroxyl groups is 1. The highest BCUT2D eigenvalue weighted by molar-refractivity contribution is 6.05. The number of amides is 1. The first-order valence-electron chi connectivity index (χ1n) is 6.20. The maximum atomic E-state index is 14.0. The van der Waals surface area contributed by atoms with Crippen LogP contribution in [0.3, 0.4) is 0 Å². The minimum Gasteiger partial charge on any atom is -0.506 e. The van der Waals surface area contributed by atoms with E-state index in [4.69, 9.17) is 5.11 Å². The molecule has 0 aliphatic heterocycles. The molecule has 0 saturated heterocycles. The Morgan fingerprint density at radius 2 is 1.76 bits per heavy atom. The number of fused-ring (bicyclic) bond motifs is 1. The second kappa shape index (κ2) is 5.05. The monoisotopic (exact) mass is 291 g/mol. The maximum Gasteiger partial charge on any atom is 0.328 e. The molecule has 0 unspecified atom stereocenters. The van der Waals surface area contributed by atoms with Crippen LogP contribution in [0.15, 0.2) is 30.3 Å². The summed E-state index contributed by atoms with van der Waals surface area (Å²) in [5.74, 6) is -3.14. The zero-order valence-corrected chi connectivity index (χ0v) is 11.5. The molecule has 0 heterocycles. The van der Waals surface area contributed by atoms with Crippen LogP contribution in [0.5, 0.6) is 5.75 Å². The molecule has 0 fully saturated rings. The van der Waals surface area contributed by atoms with Crippen molar-refractivity contribution in [1.82, 2.24) is 5.32 Å². The molecule has 110 valence electrons. The zero-order chi connectivity index (χ0) is 15.8. The summed E-state index contributed by atoms with van der Waals surface area (Å²) in [6, 6.07) is 7.06. The van der Waals surface area contributed by atoms with Gasteiger partial charge in [-0.25, -0.2) is 9.18 Å². The molecule has 2 rings (SSSR count). The van der Waals surface area contributed by atoms with E-state index in [-0.39, 0.29) is 22.1 Å². The lowest BCUT2D eigenvalue weighted by atomic mass is 10.0. The van der Waals surface area contributed by atoms with Crippen LogP contribution < -0.4 is 5.32 Å². The zero-order valence-electron chi connectivity index (χ0n) is 11.5. The summed E-state index contributed by atoms with van der Waals surface area (Å²) in [4.78, 5) is 23.1. The molecule has 0 aromatic heterocycles. The molecule has 0 radical (unpaired) electrons. The van der Waals surface area contributed by atoms with E-state index < -0.39 is 23.2 Å². The number of benzene rings is 2. The summed E-state index contributed by atoms with van der Waals surface area (Å²) in [6.45, 7) is 2.59. The number of nitrogens with one attached hydrogen (secondary N) is 1. The van der Waals surface area contributed by atoms with Gasteiger partial charge in [0.25, 0.3) is 5.91 Å². The summed E-state index contributed by atoms with van der Waals surface area (Å²) in [5.41, 5.74) is -1.84. The fourth-order valence-electron chi connectivity index (χ4n) is 1.89. The average molecular weight is 291 g/mol. The van der Waals surface area contributed by atoms with Gasteiger partial charge in [0.05, 0.1) is 5.56 Å². The van der Waals surface area contributed by atoms with E-state index in [2.05, 4.69) is 5.32 Å². The predicted octanol–water partition coefficient (Wildman–Crippen LogP) is 2.28. The van der Waals surface area contributed by atoms with E-state index >= 15 is 0 Å². The Morgan fingerprint density at radius 3 is 2.33 bits per heavy atom. The lowest BCUT2D eigenvalue weighted by Gasteiger charge is -2.21. The van der Waals surface area contributed by atoms with Gasteiger partial charge >= 0.3 is 5.97 Å². The van der Waals surface area contributed by atoms with Gasteiger partial charge in [-0.3, -0.25) is 4.79 Å². The molecular weight excluding hydrogens is 277 g/mol. The number of phenolic OH excluding ortho intramolecular Hbond substituents is 1. The Balaban J connectivity index is 2.50. The lowest BCUT2D eigenvalue weighted by Crippen LogP contribution is -2.49. The molecule has 2 aromatic rings. The highest BCUT2D eigenvalue weighted by atomic mass is 19.1. The second-order valence-electron chi connectivity index (χ2n) is 5.18. The largest absolute Gasteiger partial charge is 0.506 e. The minimum atomic E-state index is -1.54. The Hall–Kier alpha value is -2.63. The maximum absolute atomic E-state index is 14.0. The number of aliphatic carboxylic acids is 1. The van der Waals surface area contributed by atoms with Crippen LogP contribution in [-0.4, -0.2) is 27.6 Å². The smallest absolute Gasteiger partial charge is 0.328 e. The first-order valence-corrected chi connectivity index (χ1v) is 6.20. The topological polar surface area (TPSA) is 86.6 Å². The van der Waals surface area contributed by atoms with E-state index in [1.54, 1.807) is 12.1 Å². The molecule has 6 heteroatoms. The molecular formula is C15H14FNO4. The number of phenols is 1. The van der Waals surface area contributed by atoms with Gasteiger partial charge in [0.15, 0.2) is 0 Å². The Labute approximate surface area is 120 Å². The fourth-order valence-corrected chi connectivity index (χ4v) is 1.89. The van der Waals surface area contributed by atoms with Crippen LogP contribution in [-0.2, 0) is 4.79 Å². The minimum absolute atomic E-state index is 0.184. The fraction of sp³-hybridized carbons (Fsp3) is 0.200. The quantitative estimate of drug-likeness (QED) is 0.809. The van der Waals surface area contributed by atoms with E-state index in [1.807, 2.05) is 0 Å². The third kappa shape index (κ3) is 2.65. The molecule has 0 atom stereocenters. The van der Waals surface area contributed by atoms with Crippen molar-refractivity contribution in [2.75, 3.05) is 0 Å². The normalized spacial score (nSPS) is 11.4. The van der Waals surface area contributed by atoms with Crippen LogP contribution in [0.25, 0.3) is 10.8 Å². The number of carboxylic acid groups (broad SMARTS) is 1. The molecule has 5 nitrogen and oxygen atoms in total. The molecule has 0 saturated carbocycles. The number of rotatable bonds is 3. The van der Waals surface area contributed by atoms with Crippen molar-refractivity contribution >= 4 is 22.6 Å². The Bertz CT molecular complexity index is 740. The highest BCUT2D eigenvalue weighted by Crippen LogP contribution is 2.31. The van der Waals surface area contributed by atoms with Crippen LogP contribution in [0, 0.1) is 5.82 Å². The van der Waals surface area contributed by atoms with E-state index in [9.17, 15) is 19.1 Å². The molecule has 0 aliphatic carbocycles. The van der Waals surface area contributed by atoms with E-state index in [0.717, 1.165) is 6.07 Å². The van der Waals surface area contributed by atoms with Crippen LogP contribution in [0.1, 0.15) is 24.2 Å². The number of carbonyl (C=O) groups is 2. The van der Waals surface area contributed by atoms with Gasteiger partial charge in [-0.15, -0.1) is 0 Å². The van der Waals surface area contributed by atoms with Gasteiger partial charge in [-0.05, 0) is 19.9 Å². The summed E-state index contributed by atoms with van der Waals surface area (Å²) in [5, 5.41) is 21.7. The van der Waals surface area contributed by atoms with Crippen molar-refractivity contribution in [2.45, 2.75) is 19.4 Å². The summed E-state index contributed by atoms with van der Waals surface area (Å²) < 4.78 is 14.0. The molecule has 0 aliphatic rings. The Morgan fingerprint density at radius 1 is 1.19 bits per heavy atom. The molecule has 0 spiro atoms. The summed E-state index contributed by atoms with van der Waals surface area (Å²) in [7, 11) is 0. The third-order valence-electron chi connectivity index (χ3n) is 3.17. The van der Waals surface area contributed by atoms with Crippen molar-refractivity contribution in [3.63, 3.8) is 0 Å². The Kier molecular flexibility index (Phi) is 3.55. The van der Waals surface area contributed by atoms with Crippen molar-refractivity contribution in [3.05, 3.63) is 41.7 Å². The highest BCUT2D eigenvalue weighted by Gasteiger charge is 2.30.